The lowest BCUT2D eigenvalue weighted by atomic mass is 9.43. The molecule has 3 aliphatic rings. The summed E-state index contributed by atoms with van der Waals surface area (Å²) in [4.78, 5) is 13.4. The van der Waals surface area contributed by atoms with Crippen LogP contribution in [0.4, 0.5) is 0 Å². The molecule has 1 nitrogen and oxygen atoms in total. The summed E-state index contributed by atoms with van der Waals surface area (Å²) in [5.74, 6) is 2.58. The summed E-state index contributed by atoms with van der Waals surface area (Å²) in [5.41, 5.74) is 0.289. The Kier molecular flexibility index (Phi) is 9.12. The minimum Gasteiger partial charge on any atom is -0.298 e. The third-order valence-electron chi connectivity index (χ3n) is 9.20. The van der Waals surface area contributed by atoms with E-state index in [1.165, 1.54) is 135 Å². The molecule has 29 heavy (non-hydrogen) atoms. The summed E-state index contributed by atoms with van der Waals surface area (Å²) in [6.07, 6.45) is 28.5. The molecule has 0 aromatic rings. The van der Waals surface area contributed by atoms with Crippen LogP contribution in [0.25, 0.3) is 0 Å². The van der Waals surface area contributed by atoms with E-state index in [1.807, 2.05) is 0 Å². The van der Waals surface area contributed by atoms with Crippen molar-refractivity contribution in [3.8, 4) is 0 Å². The molecule has 168 valence electrons. The summed E-state index contributed by atoms with van der Waals surface area (Å²) >= 11 is 0. The molecule has 2 spiro atoms. The van der Waals surface area contributed by atoms with E-state index in [1.54, 1.807) is 0 Å². The number of ketones is 1. The smallest absolute Gasteiger partial charge is 0.145 e. The lowest BCUT2D eigenvalue weighted by Gasteiger charge is -2.59. The van der Waals surface area contributed by atoms with Gasteiger partial charge in [-0.05, 0) is 69.6 Å². The Morgan fingerprint density at radius 2 is 1.00 bits per heavy atom. The number of Topliss-reactive ketones (excluding diaryl/α,β-unsaturated/α-hetero) is 1. The van der Waals surface area contributed by atoms with E-state index in [4.69, 9.17) is 0 Å². The number of carbonyl (C=O) groups excluding carboxylic acids is 1. The minimum absolute atomic E-state index is 0.145. The Balaban J connectivity index is 1.32. The number of hydrogen-bond donors (Lipinski definition) is 0. The molecule has 0 aliphatic heterocycles. The van der Waals surface area contributed by atoms with Crippen molar-refractivity contribution in [2.24, 2.45) is 22.7 Å². The second kappa shape index (κ2) is 11.3. The average molecular weight is 403 g/mol. The van der Waals surface area contributed by atoms with Crippen molar-refractivity contribution in [1.29, 1.82) is 0 Å². The lowest BCUT2D eigenvalue weighted by Crippen LogP contribution is -2.59. The number of hydrogen-bond acceptors (Lipinski definition) is 1. The van der Waals surface area contributed by atoms with Crippen molar-refractivity contribution in [1.82, 2.24) is 0 Å². The van der Waals surface area contributed by atoms with Gasteiger partial charge in [-0.15, -0.1) is 0 Å². The fraction of sp³-hybridized carbons (Fsp3) is 0.964. The van der Waals surface area contributed by atoms with Crippen molar-refractivity contribution >= 4 is 5.78 Å². The van der Waals surface area contributed by atoms with Gasteiger partial charge in [0.2, 0.25) is 0 Å². The van der Waals surface area contributed by atoms with Gasteiger partial charge < -0.3 is 0 Å². The van der Waals surface area contributed by atoms with Crippen LogP contribution >= 0.6 is 0 Å². The first kappa shape index (κ1) is 23.3. The molecular weight excluding hydrogens is 352 g/mol. The first-order valence-corrected chi connectivity index (χ1v) is 13.7. The van der Waals surface area contributed by atoms with Gasteiger partial charge in [0.25, 0.3) is 0 Å². The van der Waals surface area contributed by atoms with E-state index in [-0.39, 0.29) is 10.8 Å². The summed E-state index contributed by atoms with van der Waals surface area (Å²) in [7, 11) is 0. The van der Waals surface area contributed by atoms with Crippen molar-refractivity contribution in [3.05, 3.63) is 0 Å². The van der Waals surface area contributed by atoms with Gasteiger partial charge in [0.1, 0.15) is 5.78 Å². The zero-order valence-electron chi connectivity index (χ0n) is 19.9. The fourth-order valence-electron chi connectivity index (χ4n) is 7.18. The number of carbonyl (C=O) groups is 1. The molecule has 0 atom stereocenters. The molecule has 0 heterocycles. The standard InChI is InChI=1S/C28H50O/c1-3-5-7-9-11-13-24-15-19-27(20-16-24)23-28(26(27)29)21-17-25(18-22-28)14-12-10-8-6-4-2/h24-25H,3-23H2,1-2H3. The molecule has 0 aromatic heterocycles. The van der Waals surface area contributed by atoms with Crippen LogP contribution in [0.3, 0.4) is 0 Å². The van der Waals surface area contributed by atoms with E-state index < -0.39 is 0 Å². The Labute approximate surface area is 182 Å². The van der Waals surface area contributed by atoms with Crippen LogP contribution in [0.2, 0.25) is 0 Å². The molecule has 0 saturated heterocycles. The first-order valence-electron chi connectivity index (χ1n) is 13.7. The first-order chi connectivity index (χ1) is 14.1. The summed E-state index contributed by atoms with van der Waals surface area (Å²) in [6, 6.07) is 0. The molecule has 0 aromatic carbocycles. The van der Waals surface area contributed by atoms with Crippen LogP contribution in [0.15, 0.2) is 0 Å². The Hall–Kier alpha value is -0.330. The SMILES string of the molecule is CCCCCCCC1CCC2(CC1)CC1(CCC(CCCCCCC)CC1)C2=O. The third-order valence-corrected chi connectivity index (χ3v) is 9.20. The van der Waals surface area contributed by atoms with Gasteiger partial charge in [0.05, 0.1) is 0 Å². The molecule has 0 amide bonds. The van der Waals surface area contributed by atoms with E-state index in [2.05, 4.69) is 13.8 Å². The van der Waals surface area contributed by atoms with Crippen LogP contribution in [0.1, 0.15) is 149 Å². The molecule has 0 radical (unpaired) electrons. The molecule has 1 heteroatoms. The average Bonchev–Trinajstić information content (AvgIpc) is 2.75. The second-order valence-corrected chi connectivity index (χ2v) is 11.4. The monoisotopic (exact) mass is 402 g/mol. The minimum atomic E-state index is 0.145. The highest BCUT2D eigenvalue weighted by Gasteiger charge is 2.62. The van der Waals surface area contributed by atoms with Crippen LogP contribution < -0.4 is 0 Å². The number of unbranched alkanes of at least 4 members (excludes halogenated alkanes) is 8. The highest BCUT2D eigenvalue weighted by atomic mass is 16.1. The zero-order valence-corrected chi connectivity index (χ0v) is 19.9. The zero-order chi connectivity index (χ0) is 20.6. The van der Waals surface area contributed by atoms with Gasteiger partial charge in [0, 0.05) is 10.8 Å². The van der Waals surface area contributed by atoms with Gasteiger partial charge >= 0.3 is 0 Å². The maximum atomic E-state index is 13.4. The van der Waals surface area contributed by atoms with Crippen molar-refractivity contribution in [2.45, 2.75) is 149 Å². The second-order valence-electron chi connectivity index (χ2n) is 11.4. The van der Waals surface area contributed by atoms with Crippen LogP contribution in [-0.2, 0) is 4.79 Å². The van der Waals surface area contributed by atoms with Gasteiger partial charge in [-0.25, -0.2) is 0 Å². The van der Waals surface area contributed by atoms with Crippen molar-refractivity contribution < 1.29 is 4.79 Å². The van der Waals surface area contributed by atoms with Gasteiger partial charge in [-0.1, -0.05) is 90.9 Å². The molecule has 3 rings (SSSR count). The highest BCUT2D eigenvalue weighted by molar-refractivity contribution is 5.96. The van der Waals surface area contributed by atoms with Gasteiger partial charge in [-0.2, -0.15) is 0 Å². The molecule has 0 unspecified atom stereocenters. The maximum absolute atomic E-state index is 13.4. The molecule has 3 aliphatic carbocycles. The lowest BCUT2D eigenvalue weighted by molar-refractivity contribution is -0.169. The normalized spacial score (nSPS) is 34.6. The fourth-order valence-corrected chi connectivity index (χ4v) is 7.18. The van der Waals surface area contributed by atoms with Gasteiger partial charge in [-0.3, -0.25) is 4.79 Å². The highest BCUT2D eigenvalue weighted by Crippen LogP contribution is 2.64. The topological polar surface area (TPSA) is 17.1 Å². The quantitative estimate of drug-likeness (QED) is 0.297. The van der Waals surface area contributed by atoms with E-state index in [0.717, 1.165) is 17.6 Å². The molecule has 0 N–H and O–H groups in total. The Morgan fingerprint density at radius 3 is 1.34 bits per heavy atom. The summed E-state index contributed by atoms with van der Waals surface area (Å²) in [5, 5.41) is 0. The molecular formula is C28H50O. The maximum Gasteiger partial charge on any atom is 0.145 e. The summed E-state index contributed by atoms with van der Waals surface area (Å²) in [6.45, 7) is 4.59. The van der Waals surface area contributed by atoms with Crippen LogP contribution in [-0.4, -0.2) is 5.78 Å². The van der Waals surface area contributed by atoms with Crippen molar-refractivity contribution in [2.75, 3.05) is 0 Å². The van der Waals surface area contributed by atoms with Crippen molar-refractivity contribution in [3.63, 3.8) is 0 Å². The largest absolute Gasteiger partial charge is 0.298 e. The van der Waals surface area contributed by atoms with E-state index in [0.29, 0.717) is 0 Å². The van der Waals surface area contributed by atoms with E-state index in [9.17, 15) is 4.79 Å². The van der Waals surface area contributed by atoms with Gasteiger partial charge in [0.15, 0.2) is 0 Å². The van der Waals surface area contributed by atoms with Crippen LogP contribution in [0.5, 0.6) is 0 Å². The molecule has 3 fully saturated rings. The predicted molar refractivity (Wildman–Crippen MR) is 125 cm³/mol. The van der Waals surface area contributed by atoms with Crippen LogP contribution in [0, 0.1) is 22.7 Å². The molecule has 0 bridgehead atoms. The number of rotatable bonds is 12. The Morgan fingerprint density at radius 1 is 0.621 bits per heavy atom. The molecule has 3 saturated carbocycles. The summed E-state index contributed by atoms with van der Waals surface area (Å²) < 4.78 is 0. The Bertz CT molecular complexity index is 435. The van der Waals surface area contributed by atoms with E-state index >= 15 is 0 Å². The predicted octanol–water partition coefficient (Wildman–Crippen LogP) is 9.03. The third kappa shape index (κ3) is 5.88.